The van der Waals surface area contributed by atoms with Gasteiger partial charge in [-0.2, -0.15) is 9.06 Å². The van der Waals surface area contributed by atoms with Gasteiger partial charge in [-0.1, -0.05) is 13.8 Å². The fraction of sp³-hybridized carbons (Fsp3) is 0.875. The molecule has 2 N–H and O–H groups in total. The fourth-order valence-electron chi connectivity index (χ4n) is 2.03. The molecule has 1 saturated heterocycles. The molecule has 1 rings (SSSR count). The lowest BCUT2D eigenvalue weighted by Gasteiger charge is -2.10. The second-order valence-electron chi connectivity index (χ2n) is 6.57. The molecule has 1 atom stereocenters. The lowest BCUT2D eigenvalue weighted by Crippen LogP contribution is -2.29. The van der Waals surface area contributed by atoms with Crippen molar-refractivity contribution < 1.29 is 9.59 Å². The summed E-state index contributed by atoms with van der Waals surface area (Å²) in [5.41, 5.74) is 0. The SMILES string of the molecule is CC(C)CCC(=O)NCCCNC(=O)CCCCS1(C)CS1. The maximum atomic E-state index is 11.7. The maximum Gasteiger partial charge on any atom is 0.220 e. The second kappa shape index (κ2) is 10.4. The van der Waals surface area contributed by atoms with Crippen LogP contribution in [0.4, 0.5) is 0 Å². The topological polar surface area (TPSA) is 58.2 Å². The van der Waals surface area contributed by atoms with E-state index in [-0.39, 0.29) is 20.9 Å². The van der Waals surface area contributed by atoms with Crippen LogP contribution in [0.2, 0.25) is 0 Å². The Balaban J connectivity index is 1.86. The Hall–Kier alpha value is -0.360. The minimum Gasteiger partial charge on any atom is -0.356 e. The van der Waals surface area contributed by atoms with E-state index >= 15 is 0 Å². The van der Waals surface area contributed by atoms with Crippen molar-refractivity contribution in [3.05, 3.63) is 0 Å². The summed E-state index contributed by atoms with van der Waals surface area (Å²) in [6, 6.07) is 0. The zero-order valence-electron chi connectivity index (χ0n) is 14.3. The first-order valence-corrected chi connectivity index (χ1v) is 12.2. The van der Waals surface area contributed by atoms with Gasteiger partial charge in [0, 0.05) is 31.0 Å². The number of rotatable bonds is 12. The normalized spacial score (nSPS) is 22.9. The summed E-state index contributed by atoms with van der Waals surface area (Å²) in [5.74, 6) is 2.14. The van der Waals surface area contributed by atoms with Gasteiger partial charge in [0.15, 0.2) is 0 Å². The Morgan fingerprint density at radius 2 is 1.64 bits per heavy atom. The highest BCUT2D eigenvalue weighted by Crippen LogP contribution is 2.75. The van der Waals surface area contributed by atoms with Crippen molar-refractivity contribution in [2.24, 2.45) is 5.92 Å². The van der Waals surface area contributed by atoms with Crippen LogP contribution < -0.4 is 10.6 Å². The molecular weight excluding hydrogens is 316 g/mol. The van der Waals surface area contributed by atoms with Gasteiger partial charge >= 0.3 is 0 Å². The van der Waals surface area contributed by atoms with Crippen LogP contribution in [0.5, 0.6) is 0 Å². The molecule has 6 heteroatoms. The molecule has 0 aliphatic carbocycles. The molecule has 130 valence electrons. The number of hydrogen-bond acceptors (Lipinski definition) is 3. The smallest absolute Gasteiger partial charge is 0.220 e. The largest absolute Gasteiger partial charge is 0.356 e. The Morgan fingerprint density at radius 1 is 1.05 bits per heavy atom. The van der Waals surface area contributed by atoms with Crippen LogP contribution in [-0.4, -0.2) is 42.0 Å². The van der Waals surface area contributed by atoms with Crippen molar-refractivity contribution in [2.75, 3.05) is 30.2 Å². The molecule has 0 radical (unpaired) electrons. The van der Waals surface area contributed by atoms with E-state index in [4.69, 9.17) is 0 Å². The molecule has 1 aliphatic heterocycles. The molecule has 0 saturated carbocycles. The van der Waals surface area contributed by atoms with Gasteiger partial charge in [-0.3, -0.25) is 9.59 Å². The summed E-state index contributed by atoms with van der Waals surface area (Å²) >= 11 is 0. The van der Waals surface area contributed by atoms with E-state index in [9.17, 15) is 9.59 Å². The molecule has 1 unspecified atom stereocenters. The number of carbonyl (C=O) groups excluding carboxylic acids is 2. The number of carbonyl (C=O) groups is 2. The van der Waals surface area contributed by atoms with E-state index in [2.05, 4.69) is 41.5 Å². The van der Waals surface area contributed by atoms with Gasteiger partial charge in [-0.25, -0.2) is 0 Å². The molecule has 0 aromatic heterocycles. The van der Waals surface area contributed by atoms with Crippen LogP contribution in [0.15, 0.2) is 0 Å². The molecule has 0 bridgehead atoms. The Bertz CT molecular complexity index is 358. The van der Waals surface area contributed by atoms with Gasteiger partial charge in [0.25, 0.3) is 0 Å². The van der Waals surface area contributed by atoms with Crippen molar-refractivity contribution in [3.63, 3.8) is 0 Å². The molecule has 1 heterocycles. The third kappa shape index (κ3) is 10.4. The number of nitrogens with one attached hydrogen (secondary N) is 2. The Kier molecular flexibility index (Phi) is 9.33. The zero-order valence-corrected chi connectivity index (χ0v) is 15.9. The van der Waals surface area contributed by atoms with Gasteiger partial charge in [-0.15, -0.1) is 10.8 Å². The molecule has 22 heavy (non-hydrogen) atoms. The Labute approximate surface area is 140 Å². The maximum absolute atomic E-state index is 11.7. The van der Waals surface area contributed by atoms with Crippen LogP contribution in [0.3, 0.4) is 0 Å². The van der Waals surface area contributed by atoms with E-state index in [1.165, 1.54) is 17.3 Å². The van der Waals surface area contributed by atoms with Gasteiger partial charge in [0.2, 0.25) is 11.8 Å². The highest BCUT2D eigenvalue weighted by Gasteiger charge is 2.31. The van der Waals surface area contributed by atoms with E-state index in [1.54, 1.807) is 0 Å². The predicted octanol–water partition coefficient (Wildman–Crippen LogP) is 3.27. The monoisotopic (exact) mass is 348 g/mol. The minimum absolute atomic E-state index is 0.119. The van der Waals surface area contributed by atoms with Crippen LogP contribution >= 0.6 is 19.9 Å². The van der Waals surface area contributed by atoms with E-state index < -0.39 is 0 Å². The van der Waals surface area contributed by atoms with Crippen LogP contribution in [0, 0.1) is 5.92 Å². The highest BCUT2D eigenvalue weighted by atomic mass is 33.2. The average molecular weight is 349 g/mol. The first-order valence-electron chi connectivity index (χ1n) is 8.33. The molecule has 2 amide bonds. The standard InChI is InChI=1S/C16H32N2O2S2/c1-14(2)8-9-16(20)18-11-6-10-17-15(19)7-4-5-12-22(3)13-21-22/h14H,4-13H2,1-3H3,(H,17,19)(H,18,20). The summed E-state index contributed by atoms with van der Waals surface area (Å²) in [7, 11) is 1.83. The average Bonchev–Trinajstić information content (AvgIpc) is 3.19. The van der Waals surface area contributed by atoms with Crippen LogP contribution in [0.1, 0.15) is 52.4 Å². The van der Waals surface area contributed by atoms with Gasteiger partial charge in [-0.05, 0) is 43.6 Å². The van der Waals surface area contributed by atoms with Crippen molar-refractivity contribution in [1.82, 2.24) is 10.6 Å². The Morgan fingerprint density at radius 3 is 2.18 bits per heavy atom. The quantitative estimate of drug-likeness (QED) is 0.323. The van der Waals surface area contributed by atoms with Gasteiger partial charge < -0.3 is 10.6 Å². The lowest BCUT2D eigenvalue weighted by molar-refractivity contribution is -0.121. The first-order chi connectivity index (χ1) is 10.4. The molecule has 0 spiro atoms. The van der Waals surface area contributed by atoms with Crippen molar-refractivity contribution >= 4 is 31.7 Å². The molecule has 1 aliphatic rings. The second-order valence-corrected chi connectivity index (χ2v) is 13.6. The first kappa shape index (κ1) is 19.7. The van der Waals surface area contributed by atoms with Gasteiger partial charge in [0.1, 0.15) is 0 Å². The summed E-state index contributed by atoms with van der Waals surface area (Å²) in [5, 5.41) is 7.19. The van der Waals surface area contributed by atoms with E-state index in [0.29, 0.717) is 31.8 Å². The lowest BCUT2D eigenvalue weighted by atomic mass is 10.1. The molecule has 1 fully saturated rings. The minimum atomic E-state index is -0.270. The summed E-state index contributed by atoms with van der Waals surface area (Å²) in [4.78, 5) is 23.2. The molecule has 4 nitrogen and oxygen atoms in total. The summed E-state index contributed by atoms with van der Waals surface area (Å²) in [6.07, 6.45) is 7.54. The summed E-state index contributed by atoms with van der Waals surface area (Å²) in [6.45, 7) is 5.54. The molecule has 0 aromatic carbocycles. The number of hydrogen-bond donors (Lipinski definition) is 2. The number of amides is 2. The molecule has 0 aromatic rings. The molecular formula is C16H32N2O2S2. The van der Waals surface area contributed by atoms with Crippen LogP contribution in [-0.2, 0) is 9.59 Å². The zero-order chi connectivity index (χ0) is 16.4. The third-order valence-electron chi connectivity index (χ3n) is 3.70. The van der Waals surface area contributed by atoms with Crippen LogP contribution in [0.25, 0.3) is 0 Å². The van der Waals surface area contributed by atoms with Crippen molar-refractivity contribution in [1.29, 1.82) is 0 Å². The van der Waals surface area contributed by atoms with E-state index in [1.807, 2.05) is 0 Å². The highest BCUT2D eigenvalue weighted by molar-refractivity contribution is 9.08. The number of unbranched alkanes of at least 4 members (excludes halogenated alkanes) is 1. The van der Waals surface area contributed by atoms with E-state index in [0.717, 1.165) is 19.3 Å². The summed E-state index contributed by atoms with van der Waals surface area (Å²) < 4.78 is 0. The van der Waals surface area contributed by atoms with Crippen molar-refractivity contribution in [3.8, 4) is 0 Å². The van der Waals surface area contributed by atoms with Gasteiger partial charge in [0.05, 0.1) is 0 Å². The third-order valence-corrected chi connectivity index (χ3v) is 9.51. The fourth-order valence-corrected chi connectivity index (χ4v) is 6.28. The predicted molar refractivity (Wildman–Crippen MR) is 99.4 cm³/mol. The van der Waals surface area contributed by atoms with Crippen molar-refractivity contribution in [2.45, 2.75) is 52.4 Å².